The molecule has 0 bridgehead atoms. The average Bonchev–Trinajstić information content (AvgIpc) is 2.88. The summed E-state index contributed by atoms with van der Waals surface area (Å²) in [6.07, 6.45) is 4.89. The zero-order valence-corrected chi connectivity index (χ0v) is 9.68. The highest BCUT2D eigenvalue weighted by Crippen LogP contribution is 2.24. The largest absolute Gasteiger partial charge is 0.472 e. The molecule has 0 aliphatic heterocycles. The van der Waals surface area contributed by atoms with Gasteiger partial charge >= 0.3 is 0 Å². The molecule has 0 aromatic carbocycles. The van der Waals surface area contributed by atoms with Gasteiger partial charge in [0.25, 0.3) is 0 Å². The normalized spacial score (nSPS) is 11.1. The van der Waals surface area contributed by atoms with Crippen molar-refractivity contribution < 1.29 is 4.42 Å². The van der Waals surface area contributed by atoms with E-state index < -0.39 is 0 Å². The monoisotopic (exact) mass is 278 g/mol. The molecule has 0 radical (unpaired) electrons. The van der Waals surface area contributed by atoms with Crippen molar-refractivity contribution in [3.8, 4) is 11.3 Å². The number of hydrogen-bond acceptors (Lipinski definition) is 4. The van der Waals surface area contributed by atoms with Crippen LogP contribution in [0.15, 0.2) is 39.7 Å². The van der Waals surface area contributed by atoms with Crippen LogP contribution in [0.2, 0.25) is 0 Å². The van der Waals surface area contributed by atoms with Crippen LogP contribution in [-0.2, 0) is 0 Å². The van der Waals surface area contributed by atoms with Crippen LogP contribution in [0.4, 0.5) is 5.82 Å². The summed E-state index contributed by atoms with van der Waals surface area (Å²) in [4.78, 5) is 4.45. The summed E-state index contributed by atoms with van der Waals surface area (Å²) in [5.41, 5.74) is 8.23. The molecule has 16 heavy (non-hydrogen) atoms. The molecular weight excluding hydrogens is 272 g/mol. The first kappa shape index (κ1) is 9.41. The predicted molar refractivity (Wildman–Crippen MR) is 62.8 cm³/mol. The topological polar surface area (TPSA) is 69.3 Å². The van der Waals surface area contributed by atoms with Crippen molar-refractivity contribution in [2.45, 2.75) is 0 Å². The lowest BCUT2D eigenvalue weighted by molar-refractivity contribution is 0.568. The van der Waals surface area contributed by atoms with E-state index in [-0.39, 0.29) is 0 Å². The van der Waals surface area contributed by atoms with Crippen molar-refractivity contribution >= 4 is 27.4 Å². The number of halogens is 1. The summed E-state index contributed by atoms with van der Waals surface area (Å²) in [5.74, 6) is 0.534. The first-order valence-electron chi connectivity index (χ1n) is 4.58. The van der Waals surface area contributed by atoms with E-state index in [1.54, 1.807) is 29.3 Å². The highest BCUT2D eigenvalue weighted by molar-refractivity contribution is 9.10. The minimum atomic E-state index is 0.534. The van der Waals surface area contributed by atoms with E-state index in [0.29, 0.717) is 11.5 Å². The van der Waals surface area contributed by atoms with Crippen LogP contribution in [0.3, 0.4) is 0 Å². The Balaban J connectivity index is 2.32. The van der Waals surface area contributed by atoms with E-state index >= 15 is 0 Å². The Morgan fingerprint density at radius 3 is 3.06 bits per heavy atom. The smallest absolute Gasteiger partial charge is 0.172 e. The van der Waals surface area contributed by atoms with Gasteiger partial charge in [-0.3, -0.25) is 0 Å². The van der Waals surface area contributed by atoms with Crippen LogP contribution >= 0.6 is 15.9 Å². The zero-order valence-electron chi connectivity index (χ0n) is 8.09. The van der Waals surface area contributed by atoms with Crippen molar-refractivity contribution in [1.82, 2.24) is 14.6 Å². The molecule has 0 aliphatic rings. The Morgan fingerprint density at radius 1 is 1.44 bits per heavy atom. The van der Waals surface area contributed by atoms with E-state index in [4.69, 9.17) is 10.2 Å². The minimum Gasteiger partial charge on any atom is -0.472 e. The van der Waals surface area contributed by atoms with Gasteiger partial charge in [-0.1, -0.05) is 0 Å². The van der Waals surface area contributed by atoms with E-state index in [2.05, 4.69) is 26.0 Å². The molecule has 2 N–H and O–H groups in total. The van der Waals surface area contributed by atoms with E-state index in [9.17, 15) is 0 Å². The number of furan rings is 1. The quantitative estimate of drug-likeness (QED) is 0.742. The number of nitrogen functional groups attached to an aromatic ring is 1. The third kappa shape index (κ3) is 1.30. The number of anilines is 1. The van der Waals surface area contributed by atoms with Crippen molar-refractivity contribution in [3.63, 3.8) is 0 Å². The Labute approximate surface area is 99.0 Å². The molecule has 6 heteroatoms. The zero-order chi connectivity index (χ0) is 11.1. The van der Waals surface area contributed by atoms with Gasteiger partial charge < -0.3 is 10.2 Å². The predicted octanol–water partition coefficient (Wildman–Crippen LogP) is 2.33. The van der Waals surface area contributed by atoms with Crippen LogP contribution < -0.4 is 5.73 Å². The number of hydrogen-bond donors (Lipinski definition) is 1. The second kappa shape index (κ2) is 3.34. The van der Waals surface area contributed by atoms with E-state index in [1.807, 2.05) is 6.07 Å². The summed E-state index contributed by atoms with van der Waals surface area (Å²) in [6, 6.07) is 3.60. The first-order chi connectivity index (χ1) is 7.75. The Kier molecular flexibility index (Phi) is 1.97. The lowest BCUT2D eigenvalue weighted by Gasteiger charge is -2.02. The maximum Gasteiger partial charge on any atom is 0.172 e. The van der Waals surface area contributed by atoms with Crippen LogP contribution in [0.25, 0.3) is 16.9 Å². The van der Waals surface area contributed by atoms with Crippen molar-refractivity contribution in [3.05, 3.63) is 35.3 Å². The molecule has 3 aromatic rings. The van der Waals surface area contributed by atoms with Gasteiger partial charge in [0.15, 0.2) is 5.65 Å². The maximum absolute atomic E-state index is 5.89. The standard InChI is InChI=1S/C10H7BrN4O/c11-7-4-13-15-9(12)3-8(14-10(7)15)6-1-2-16-5-6/h1-5H,12H2. The average molecular weight is 279 g/mol. The fraction of sp³-hybridized carbons (Fsp3) is 0. The SMILES string of the molecule is Nc1cc(-c2ccoc2)nc2c(Br)cnn12. The minimum absolute atomic E-state index is 0.534. The molecule has 80 valence electrons. The lowest BCUT2D eigenvalue weighted by atomic mass is 10.2. The molecule has 0 saturated heterocycles. The summed E-state index contributed by atoms with van der Waals surface area (Å²) in [6.45, 7) is 0. The van der Waals surface area contributed by atoms with Crippen molar-refractivity contribution in [2.75, 3.05) is 5.73 Å². The van der Waals surface area contributed by atoms with Gasteiger partial charge in [0, 0.05) is 11.6 Å². The van der Waals surface area contributed by atoms with Gasteiger partial charge in [-0.25, -0.2) is 4.98 Å². The molecule has 5 nitrogen and oxygen atoms in total. The maximum atomic E-state index is 5.89. The second-order valence-electron chi connectivity index (χ2n) is 3.31. The molecule has 0 spiro atoms. The second-order valence-corrected chi connectivity index (χ2v) is 4.16. The molecule has 0 amide bonds. The third-order valence-electron chi connectivity index (χ3n) is 2.27. The highest BCUT2D eigenvalue weighted by Gasteiger charge is 2.09. The molecule has 3 aromatic heterocycles. The van der Waals surface area contributed by atoms with Crippen LogP contribution in [0, 0.1) is 0 Å². The van der Waals surface area contributed by atoms with E-state index in [1.165, 1.54) is 0 Å². The van der Waals surface area contributed by atoms with Crippen LogP contribution in [0.5, 0.6) is 0 Å². The molecular formula is C10H7BrN4O. The van der Waals surface area contributed by atoms with Crippen molar-refractivity contribution in [2.24, 2.45) is 0 Å². The summed E-state index contributed by atoms with van der Waals surface area (Å²) in [5, 5.41) is 4.10. The molecule has 3 rings (SSSR count). The third-order valence-corrected chi connectivity index (χ3v) is 2.83. The van der Waals surface area contributed by atoms with Crippen molar-refractivity contribution in [1.29, 1.82) is 0 Å². The number of rotatable bonds is 1. The Hall–Kier alpha value is -1.82. The van der Waals surface area contributed by atoms with Gasteiger partial charge in [-0.05, 0) is 22.0 Å². The Morgan fingerprint density at radius 2 is 2.31 bits per heavy atom. The fourth-order valence-electron chi connectivity index (χ4n) is 1.52. The summed E-state index contributed by atoms with van der Waals surface area (Å²) < 4.78 is 7.40. The Bertz CT molecular complexity index is 644. The number of aromatic nitrogens is 3. The van der Waals surface area contributed by atoms with Gasteiger partial charge in [0.1, 0.15) is 5.82 Å². The first-order valence-corrected chi connectivity index (χ1v) is 5.37. The molecule has 0 fully saturated rings. The van der Waals surface area contributed by atoms with Gasteiger partial charge in [-0.2, -0.15) is 9.61 Å². The van der Waals surface area contributed by atoms with Gasteiger partial charge in [0.05, 0.1) is 28.9 Å². The summed E-state index contributed by atoms with van der Waals surface area (Å²) in [7, 11) is 0. The number of fused-ring (bicyclic) bond motifs is 1. The van der Waals surface area contributed by atoms with Crippen LogP contribution in [0.1, 0.15) is 0 Å². The lowest BCUT2D eigenvalue weighted by Crippen LogP contribution is -2.00. The van der Waals surface area contributed by atoms with E-state index in [0.717, 1.165) is 15.7 Å². The van der Waals surface area contributed by atoms with Gasteiger partial charge in [-0.15, -0.1) is 0 Å². The molecule has 0 aliphatic carbocycles. The molecule has 3 heterocycles. The number of nitrogens with zero attached hydrogens (tertiary/aromatic N) is 3. The van der Waals surface area contributed by atoms with Gasteiger partial charge in [0.2, 0.25) is 0 Å². The summed E-state index contributed by atoms with van der Waals surface area (Å²) >= 11 is 3.37. The molecule has 0 saturated carbocycles. The highest BCUT2D eigenvalue weighted by atomic mass is 79.9. The number of nitrogens with two attached hydrogens (primary N) is 1. The van der Waals surface area contributed by atoms with Crippen LogP contribution in [-0.4, -0.2) is 14.6 Å². The fourth-order valence-corrected chi connectivity index (χ4v) is 1.87. The molecule has 0 unspecified atom stereocenters. The molecule has 0 atom stereocenters.